The molecule has 0 radical (unpaired) electrons. The van der Waals surface area contributed by atoms with Gasteiger partial charge in [-0.3, -0.25) is 40.7 Å². The Hall–Kier alpha value is -4.01. The molecule has 0 saturated carbocycles. The monoisotopic (exact) mass is 586 g/mol. The van der Waals surface area contributed by atoms with E-state index in [0.29, 0.717) is 22.8 Å². The van der Waals surface area contributed by atoms with E-state index in [0.717, 1.165) is 36.7 Å². The molecule has 4 rings (SSSR count). The molecule has 1 aliphatic rings. The first-order valence-corrected chi connectivity index (χ1v) is 14.0. The highest BCUT2D eigenvalue weighted by molar-refractivity contribution is 7.99. The summed E-state index contributed by atoms with van der Waals surface area (Å²) < 4.78 is 19.0. The smallest absolute Gasteiger partial charge is 0.283 e. The lowest BCUT2D eigenvalue weighted by molar-refractivity contribution is -0.387. The van der Waals surface area contributed by atoms with Crippen molar-refractivity contribution in [1.82, 2.24) is 10.9 Å². The molecule has 1 fully saturated rings. The van der Waals surface area contributed by atoms with Crippen LogP contribution in [-0.2, 0) is 10.5 Å². The summed E-state index contributed by atoms with van der Waals surface area (Å²) >= 11 is 2.39. The minimum absolute atomic E-state index is 0.0275. The first kappa shape index (κ1) is 29.0. The van der Waals surface area contributed by atoms with E-state index >= 15 is 0 Å². The Morgan fingerprint density at radius 3 is 2.02 bits per heavy atom. The normalized spacial score (nSPS) is 14.5. The van der Waals surface area contributed by atoms with Gasteiger partial charge in [0.1, 0.15) is 5.82 Å². The van der Waals surface area contributed by atoms with Crippen molar-refractivity contribution in [2.24, 2.45) is 0 Å². The number of ether oxygens (including phenoxy) is 1. The van der Waals surface area contributed by atoms with Gasteiger partial charge in [-0.05, 0) is 54.8 Å². The van der Waals surface area contributed by atoms with Crippen LogP contribution in [0.5, 0.6) is 0 Å². The van der Waals surface area contributed by atoms with Crippen molar-refractivity contribution in [2.45, 2.75) is 34.5 Å². The van der Waals surface area contributed by atoms with Gasteiger partial charge >= 0.3 is 0 Å². The van der Waals surface area contributed by atoms with Gasteiger partial charge in [0.2, 0.25) is 0 Å². The van der Waals surface area contributed by atoms with E-state index in [4.69, 9.17) is 4.74 Å². The van der Waals surface area contributed by atoms with Crippen molar-refractivity contribution < 1.29 is 28.6 Å². The highest BCUT2D eigenvalue weighted by atomic mass is 32.2. The Morgan fingerprint density at radius 1 is 0.900 bits per heavy atom. The Labute approximate surface area is 236 Å². The van der Waals surface area contributed by atoms with Crippen molar-refractivity contribution in [3.8, 4) is 0 Å². The third-order valence-electron chi connectivity index (χ3n) is 5.86. The fourth-order valence-corrected chi connectivity index (χ4v) is 5.87. The van der Waals surface area contributed by atoms with E-state index in [1.165, 1.54) is 48.2 Å². The van der Waals surface area contributed by atoms with Crippen LogP contribution in [0.15, 0.2) is 70.5 Å². The SMILES string of the molecule is O=C(NNC(=O)c1ccc(SC[C@@H]2CCCO2)c([N+](=O)[O-])c1)c1ccc(SCc2cccc(F)c2)c([N+](=O)[O-])c1. The first-order valence-electron chi connectivity index (χ1n) is 12.0. The molecule has 0 unspecified atom stereocenters. The first-order chi connectivity index (χ1) is 19.2. The molecule has 0 aromatic heterocycles. The molecule has 1 atom stereocenters. The molecule has 40 heavy (non-hydrogen) atoms. The molecule has 208 valence electrons. The molecule has 0 aliphatic carbocycles. The van der Waals surface area contributed by atoms with Gasteiger partial charge in [-0.25, -0.2) is 4.39 Å². The van der Waals surface area contributed by atoms with E-state index in [-0.39, 0.29) is 39.3 Å². The van der Waals surface area contributed by atoms with Crippen LogP contribution in [0.3, 0.4) is 0 Å². The van der Waals surface area contributed by atoms with Gasteiger partial charge in [-0.2, -0.15) is 0 Å². The summed E-state index contributed by atoms with van der Waals surface area (Å²) in [6.45, 7) is 0.672. The van der Waals surface area contributed by atoms with Crippen LogP contribution < -0.4 is 10.9 Å². The number of halogens is 1. The third kappa shape index (κ3) is 7.55. The van der Waals surface area contributed by atoms with E-state index < -0.39 is 27.5 Å². The number of nitrogens with zero attached hydrogens (tertiary/aromatic N) is 2. The number of hydrogen-bond acceptors (Lipinski definition) is 9. The van der Waals surface area contributed by atoms with Crippen LogP contribution in [0.25, 0.3) is 0 Å². The van der Waals surface area contributed by atoms with Crippen LogP contribution in [-0.4, -0.2) is 40.1 Å². The average molecular weight is 587 g/mol. The summed E-state index contributed by atoms with van der Waals surface area (Å²) in [5.41, 5.74) is 4.27. The Kier molecular flexibility index (Phi) is 9.69. The number of nitro benzene ring substituents is 2. The predicted molar refractivity (Wildman–Crippen MR) is 147 cm³/mol. The largest absolute Gasteiger partial charge is 0.377 e. The quantitative estimate of drug-likeness (QED) is 0.183. The maximum Gasteiger partial charge on any atom is 0.283 e. The highest BCUT2D eigenvalue weighted by Crippen LogP contribution is 2.33. The van der Waals surface area contributed by atoms with Crippen molar-refractivity contribution in [3.63, 3.8) is 0 Å². The van der Waals surface area contributed by atoms with Crippen molar-refractivity contribution in [1.29, 1.82) is 0 Å². The summed E-state index contributed by atoms with van der Waals surface area (Å²) in [6, 6.07) is 13.7. The van der Waals surface area contributed by atoms with E-state index in [1.54, 1.807) is 12.1 Å². The third-order valence-corrected chi connectivity index (χ3v) is 8.19. The van der Waals surface area contributed by atoms with Crippen LogP contribution in [0, 0.1) is 26.0 Å². The minimum Gasteiger partial charge on any atom is -0.377 e. The molecule has 1 aliphatic heterocycles. The summed E-state index contributed by atoms with van der Waals surface area (Å²) in [7, 11) is 0. The van der Waals surface area contributed by atoms with Gasteiger partial charge in [0.05, 0.1) is 25.7 Å². The average Bonchev–Trinajstić information content (AvgIpc) is 3.47. The Morgan fingerprint density at radius 2 is 1.50 bits per heavy atom. The summed E-state index contributed by atoms with van der Waals surface area (Å²) in [5, 5.41) is 23.2. The van der Waals surface area contributed by atoms with Crippen LogP contribution in [0.1, 0.15) is 39.1 Å². The maximum absolute atomic E-state index is 13.4. The van der Waals surface area contributed by atoms with E-state index in [2.05, 4.69) is 10.9 Å². The molecule has 0 bridgehead atoms. The molecule has 1 heterocycles. The number of nitrogens with one attached hydrogen (secondary N) is 2. The van der Waals surface area contributed by atoms with Crippen molar-refractivity contribution in [3.05, 3.63) is 103 Å². The number of benzene rings is 3. The lowest BCUT2D eigenvalue weighted by atomic mass is 10.2. The standard InChI is InChI=1S/C26H23FN4O7S2/c27-19-4-1-3-16(11-19)14-39-23-8-6-17(12-21(23)30(34)35)25(32)28-29-26(33)18-7-9-24(22(13-18)31(36)37)40-15-20-5-2-10-38-20/h1,3-4,6-9,11-13,20H,2,5,10,14-15H2,(H,28,32)(H,29,33)/t20-/m0/s1. The van der Waals surface area contributed by atoms with Crippen LogP contribution >= 0.6 is 23.5 Å². The van der Waals surface area contributed by atoms with E-state index in [1.807, 2.05) is 0 Å². The lowest BCUT2D eigenvalue weighted by Crippen LogP contribution is -2.41. The van der Waals surface area contributed by atoms with Gasteiger partial charge in [0, 0.05) is 41.4 Å². The van der Waals surface area contributed by atoms with Gasteiger partial charge in [0.15, 0.2) is 0 Å². The van der Waals surface area contributed by atoms with E-state index in [9.17, 15) is 34.2 Å². The molecule has 14 heteroatoms. The number of rotatable bonds is 10. The molecular weight excluding hydrogens is 563 g/mol. The summed E-state index contributed by atoms with van der Waals surface area (Å²) in [5.74, 6) is -1.21. The van der Waals surface area contributed by atoms with Crippen LogP contribution in [0.2, 0.25) is 0 Å². The molecule has 1 saturated heterocycles. The zero-order chi connectivity index (χ0) is 28.6. The van der Waals surface area contributed by atoms with Crippen molar-refractivity contribution in [2.75, 3.05) is 12.4 Å². The van der Waals surface area contributed by atoms with Crippen molar-refractivity contribution >= 4 is 46.7 Å². The second-order valence-corrected chi connectivity index (χ2v) is 10.7. The number of amides is 2. The highest BCUT2D eigenvalue weighted by Gasteiger charge is 2.22. The Balaban J connectivity index is 1.39. The number of nitro groups is 2. The molecule has 2 N–H and O–H groups in total. The number of hydrogen-bond donors (Lipinski definition) is 2. The number of carbonyl (C=O) groups excluding carboxylic acids is 2. The number of hydrazine groups is 1. The zero-order valence-electron chi connectivity index (χ0n) is 20.8. The van der Waals surface area contributed by atoms with Gasteiger partial charge < -0.3 is 4.74 Å². The second-order valence-electron chi connectivity index (χ2n) is 8.65. The zero-order valence-corrected chi connectivity index (χ0v) is 22.5. The second kappa shape index (κ2) is 13.4. The molecular formula is C26H23FN4O7S2. The predicted octanol–water partition coefficient (Wildman–Crippen LogP) is 5.28. The summed E-state index contributed by atoms with van der Waals surface area (Å²) in [6.07, 6.45) is 1.87. The van der Waals surface area contributed by atoms with Gasteiger partial charge in [-0.1, -0.05) is 12.1 Å². The van der Waals surface area contributed by atoms with Gasteiger partial charge in [-0.15, -0.1) is 23.5 Å². The fourth-order valence-electron chi connectivity index (χ4n) is 3.85. The minimum atomic E-state index is -0.823. The summed E-state index contributed by atoms with van der Waals surface area (Å²) in [4.78, 5) is 47.8. The number of thioether (sulfide) groups is 2. The molecule has 2 amide bonds. The molecule has 3 aromatic rings. The topological polar surface area (TPSA) is 154 Å². The fraction of sp³-hybridized carbons (Fsp3) is 0.231. The molecule has 3 aromatic carbocycles. The van der Waals surface area contributed by atoms with Crippen LogP contribution in [0.4, 0.5) is 15.8 Å². The molecule has 11 nitrogen and oxygen atoms in total. The lowest BCUT2D eigenvalue weighted by Gasteiger charge is -2.11. The number of carbonyl (C=O) groups is 2. The maximum atomic E-state index is 13.4. The molecule has 0 spiro atoms. The van der Waals surface area contributed by atoms with Gasteiger partial charge in [0.25, 0.3) is 23.2 Å². The Bertz CT molecular complexity index is 1450.